The summed E-state index contributed by atoms with van der Waals surface area (Å²) in [5.74, 6) is 0.480. The van der Waals surface area contributed by atoms with Gasteiger partial charge in [-0.2, -0.15) is 17.0 Å². The van der Waals surface area contributed by atoms with Crippen LogP contribution in [0, 0.1) is 5.92 Å². The molecule has 2 atom stereocenters. The van der Waals surface area contributed by atoms with Crippen molar-refractivity contribution in [1.82, 2.24) is 13.9 Å². The van der Waals surface area contributed by atoms with E-state index < -0.39 is 10.2 Å². The zero-order valence-electron chi connectivity index (χ0n) is 10.7. The Morgan fingerprint density at radius 1 is 1.35 bits per heavy atom. The molecule has 2 fully saturated rings. The highest BCUT2D eigenvalue weighted by atomic mass is 32.2. The Bertz CT molecular complexity index is 344. The molecule has 2 saturated heterocycles. The molecule has 2 aliphatic heterocycles. The Hall–Kier alpha value is -0.170. The van der Waals surface area contributed by atoms with Crippen molar-refractivity contribution in [2.24, 2.45) is 5.92 Å². The quantitative estimate of drug-likeness (QED) is 0.793. The van der Waals surface area contributed by atoms with E-state index >= 15 is 0 Å². The van der Waals surface area contributed by atoms with E-state index in [9.17, 15) is 8.42 Å². The van der Waals surface area contributed by atoms with Crippen LogP contribution in [0.25, 0.3) is 0 Å². The molecule has 0 radical (unpaired) electrons. The second kappa shape index (κ2) is 5.22. The fourth-order valence-corrected chi connectivity index (χ4v) is 4.40. The highest BCUT2D eigenvalue weighted by molar-refractivity contribution is 7.86. The Kier molecular flexibility index (Phi) is 4.07. The summed E-state index contributed by atoms with van der Waals surface area (Å²) >= 11 is 0. The van der Waals surface area contributed by atoms with Crippen LogP contribution in [0.2, 0.25) is 0 Å². The van der Waals surface area contributed by atoms with E-state index in [0.717, 1.165) is 32.4 Å². The highest BCUT2D eigenvalue weighted by Crippen LogP contribution is 2.22. The third-order valence-electron chi connectivity index (χ3n) is 3.86. The molecule has 2 rings (SSSR count). The first kappa shape index (κ1) is 13.3. The minimum absolute atomic E-state index is 0.122. The molecule has 0 saturated carbocycles. The van der Waals surface area contributed by atoms with Crippen LogP contribution in [-0.4, -0.2) is 56.3 Å². The standard InChI is InChI=1S/C11H23N3O2S/c1-10-4-3-7-14(9-10)17(15,16)13(2)11-5-6-12-8-11/h10-12H,3-9H2,1-2H3. The molecule has 2 aliphatic rings. The van der Waals surface area contributed by atoms with Crippen LogP contribution in [0.1, 0.15) is 26.2 Å². The summed E-state index contributed by atoms with van der Waals surface area (Å²) in [6, 6.07) is 0.122. The molecule has 0 spiro atoms. The van der Waals surface area contributed by atoms with Gasteiger partial charge in [-0.1, -0.05) is 6.92 Å². The van der Waals surface area contributed by atoms with E-state index in [1.807, 2.05) is 0 Å². The molecule has 2 heterocycles. The van der Waals surface area contributed by atoms with E-state index in [0.29, 0.717) is 19.0 Å². The third-order valence-corrected chi connectivity index (χ3v) is 5.87. The lowest BCUT2D eigenvalue weighted by molar-refractivity contribution is 0.254. The Morgan fingerprint density at radius 3 is 2.71 bits per heavy atom. The van der Waals surface area contributed by atoms with Gasteiger partial charge in [-0.15, -0.1) is 0 Å². The first-order valence-corrected chi connectivity index (χ1v) is 7.85. The summed E-state index contributed by atoms with van der Waals surface area (Å²) in [7, 11) is -1.54. The number of rotatable bonds is 3. The number of piperidine rings is 1. The molecule has 0 aromatic rings. The van der Waals surface area contributed by atoms with Crippen molar-refractivity contribution < 1.29 is 8.42 Å². The van der Waals surface area contributed by atoms with Crippen molar-refractivity contribution in [3.05, 3.63) is 0 Å². The van der Waals surface area contributed by atoms with E-state index in [1.54, 1.807) is 15.7 Å². The molecule has 0 aliphatic carbocycles. The molecule has 100 valence electrons. The van der Waals surface area contributed by atoms with Gasteiger partial charge in [-0.25, -0.2) is 0 Å². The van der Waals surface area contributed by atoms with E-state index in [4.69, 9.17) is 0 Å². The third kappa shape index (κ3) is 2.81. The van der Waals surface area contributed by atoms with Gasteiger partial charge in [0.15, 0.2) is 0 Å². The van der Waals surface area contributed by atoms with Crippen LogP contribution in [0.4, 0.5) is 0 Å². The van der Waals surface area contributed by atoms with E-state index in [2.05, 4.69) is 12.2 Å². The Labute approximate surface area is 104 Å². The Morgan fingerprint density at radius 2 is 2.12 bits per heavy atom. The summed E-state index contributed by atoms with van der Waals surface area (Å²) in [4.78, 5) is 0. The minimum atomic E-state index is -3.25. The van der Waals surface area contributed by atoms with Crippen LogP contribution in [-0.2, 0) is 10.2 Å². The van der Waals surface area contributed by atoms with Crippen molar-refractivity contribution in [2.45, 2.75) is 32.2 Å². The SMILES string of the molecule is CC1CCCN(S(=O)(=O)N(C)C2CCNC2)C1. The fraction of sp³-hybridized carbons (Fsp3) is 1.00. The lowest BCUT2D eigenvalue weighted by atomic mass is 10.0. The predicted octanol–water partition coefficient (Wildman–Crippen LogP) is 0.257. The van der Waals surface area contributed by atoms with Gasteiger partial charge in [-0.3, -0.25) is 0 Å². The summed E-state index contributed by atoms with van der Waals surface area (Å²) < 4.78 is 28.1. The molecule has 6 heteroatoms. The molecule has 0 bridgehead atoms. The van der Waals surface area contributed by atoms with E-state index in [-0.39, 0.29) is 6.04 Å². The molecule has 0 amide bonds. The minimum Gasteiger partial charge on any atom is -0.315 e. The van der Waals surface area contributed by atoms with Gasteiger partial charge in [-0.05, 0) is 31.7 Å². The van der Waals surface area contributed by atoms with Crippen molar-refractivity contribution in [1.29, 1.82) is 0 Å². The number of hydrogen-bond acceptors (Lipinski definition) is 3. The number of nitrogens with one attached hydrogen (secondary N) is 1. The van der Waals surface area contributed by atoms with Gasteiger partial charge in [0, 0.05) is 32.7 Å². The zero-order chi connectivity index (χ0) is 12.5. The first-order valence-electron chi connectivity index (χ1n) is 6.45. The van der Waals surface area contributed by atoms with Gasteiger partial charge in [0.25, 0.3) is 10.2 Å². The maximum Gasteiger partial charge on any atom is 0.282 e. The summed E-state index contributed by atoms with van der Waals surface area (Å²) in [5, 5.41) is 3.21. The summed E-state index contributed by atoms with van der Waals surface area (Å²) in [6.07, 6.45) is 3.04. The molecular weight excluding hydrogens is 238 g/mol. The normalized spacial score (nSPS) is 32.2. The van der Waals surface area contributed by atoms with Crippen molar-refractivity contribution in [2.75, 3.05) is 33.2 Å². The fourth-order valence-electron chi connectivity index (χ4n) is 2.68. The average molecular weight is 261 g/mol. The maximum atomic E-state index is 12.4. The zero-order valence-corrected chi connectivity index (χ0v) is 11.5. The number of nitrogens with zero attached hydrogens (tertiary/aromatic N) is 2. The van der Waals surface area contributed by atoms with Crippen molar-refractivity contribution in [3.63, 3.8) is 0 Å². The maximum absolute atomic E-state index is 12.4. The first-order chi connectivity index (χ1) is 8.01. The van der Waals surface area contributed by atoms with Crippen LogP contribution >= 0.6 is 0 Å². The van der Waals surface area contributed by atoms with Gasteiger partial charge < -0.3 is 5.32 Å². The molecule has 17 heavy (non-hydrogen) atoms. The predicted molar refractivity (Wildman–Crippen MR) is 67.9 cm³/mol. The number of likely N-dealkylation sites (N-methyl/N-ethyl adjacent to an activating group) is 1. The summed E-state index contributed by atoms with van der Waals surface area (Å²) in [6.45, 7) is 5.17. The van der Waals surface area contributed by atoms with Crippen LogP contribution in [0.3, 0.4) is 0 Å². The monoisotopic (exact) mass is 261 g/mol. The summed E-state index contributed by atoms with van der Waals surface area (Å²) in [5.41, 5.74) is 0. The van der Waals surface area contributed by atoms with Crippen LogP contribution < -0.4 is 5.32 Å². The van der Waals surface area contributed by atoms with Gasteiger partial charge >= 0.3 is 0 Å². The smallest absolute Gasteiger partial charge is 0.282 e. The van der Waals surface area contributed by atoms with Crippen molar-refractivity contribution >= 4 is 10.2 Å². The van der Waals surface area contributed by atoms with Gasteiger partial charge in [0.2, 0.25) is 0 Å². The van der Waals surface area contributed by atoms with Crippen LogP contribution in [0.15, 0.2) is 0 Å². The molecule has 0 aromatic carbocycles. The van der Waals surface area contributed by atoms with Crippen molar-refractivity contribution in [3.8, 4) is 0 Å². The largest absolute Gasteiger partial charge is 0.315 e. The highest BCUT2D eigenvalue weighted by Gasteiger charge is 2.35. The molecule has 0 aromatic heterocycles. The molecule has 5 nitrogen and oxygen atoms in total. The lowest BCUT2D eigenvalue weighted by Gasteiger charge is -2.34. The van der Waals surface area contributed by atoms with Gasteiger partial charge in [0.1, 0.15) is 0 Å². The molecule has 2 unspecified atom stereocenters. The van der Waals surface area contributed by atoms with E-state index in [1.165, 1.54) is 0 Å². The molecular formula is C11H23N3O2S. The number of hydrogen-bond donors (Lipinski definition) is 1. The van der Waals surface area contributed by atoms with Gasteiger partial charge in [0.05, 0.1) is 0 Å². The lowest BCUT2D eigenvalue weighted by Crippen LogP contribution is -2.50. The second-order valence-electron chi connectivity index (χ2n) is 5.28. The van der Waals surface area contributed by atoms with Crippen LogP contribution in [0.5, 0.6) is 0 Å². The molecule has 1 N–H and O–H groups in total. The topological polar surface area (TPSA) is 52.7 Å². The second-order valence-corrected chi connectivity index (χ2v) is 7.26. The average Bonchev–Trinajstić information content (AvgIpc) is 2.81. The Balaban J connectivity index is 2.06.